The lowest BCUT2D eigenvalue weighted by Crippen LogP contribution is -2.06. The minimum atomic E-state index is 0.0296. The van der Waals surface area contributed by atoms with Crippen molar-refractivity contribution in [2.45, 2.75) is 39.2 Å². The predicted octanol–water partition coefficient (Wildman–Crippen LogP) is 4.29. The second-order valence-electron chi connectivity index (χ2n) is 4.11. The second-order valence-corrected chi connectivity index (χ2v) is 5.02. The summed E-state index contributed by atoms with van der Waals surface area (Å²) in [7, 11) is 0. The van der Waals surface area contributed by atoms with Crippen LogP contribution in [0, 0.1) is 0 Å². The van der Waals surface area contributed by atoms with Crippen LogP contribution in [-0.4, -0.2) is 12.4 Å². The van der Waals surface area contributed by atoms with Gasteiger partial charge in [0.15, 0.2) is 0 Å². The first-order chi connectivity index (χ1) is 8.13. The Morgan fingerprint density at radius 1 is 1.41 bits per heavy atom. The molecule has 94 valence electrons. The molecule has 0 radical (unpaired) electrons. The molecule has 17 heavy (non-hydrogen) atoms. The molecule has 0 aliphatic heterocycles. The van der Waals surface area contributed by atoms with Crippen LogP contribution >= 0.6 is 15.9 Å². The van der Waals surface area contributed by atoms with Gasteiger partial charge in [0.2, 0.25) is 0 Å². The smallest absolute Gasteiger partial charge is 0.135 e. The van der Waals surface area contributed by atoms with E-state index < -0.39 is 0 Å². The maximum atomic E-state index is 11.3. The van der Waals surface area contributed by atoms with Gasteiger partial charge in [0, 0.05) is 17.3 Å². The molecule has 0 aliphatic rings. The lowest BCUT2D eigenvalue weighted by Gasteiger charge is -2.13. The van der Waals surface area contributed by atoms with Gasteiger partial charge in [-0.05, 0) is 31.0 Å². The van der Waals surface area contributed by atoms with Crippen molar-refractivity contribution in [2.75, 3.05) is 6.61 Å². The lowest BCUT2D eigenvalue weighted by atomic mass is 10.1. The number of benzene rings is 1. The summed E-state index contributed by atoms with van der Waals surface area (Å²) in [5, 5.41) is 0. The Bertz CT molecular complexity index is 363. The van der Waals surface area contributed by atoms with Crippen LogP contribution in [0.2, 0.25) is 0 Å². The van der Waals surface area contributed by atoms with Crippen LogP contribution in [0.5, 0.6) is 0 Å². The van der Waals surface area contributed by atoms with Crippen molar-refractivity contribution in [3.63, 3.8) is 0 Å². The standard InChI is InChI=1S/C14H19BrO2/c1-3-5-14(16)8-9-17-11(2)12-6-4-7-13(15)10-12/h4,6-7,10-11H,3,5,8-9H2,1-2H3. The quantitative estimate of drug-likeness (QED) is 0.751. The number of ketones is 1. The van der Waals surface area contributed by atoms with E-state index in [1.807, 2.05) is 38.1 Å². The summed E-state index contributed by atoms with van der Waals surface area (Å²) in [5.74, 6) is 0.286. The van der Waals surface area contributed by atoms with Crippen molar-refractivity contribution in [3.05, 3.63) is 34.3 Å². The molecular formula is C14H19BrO2. The minimum Gasteiger partial charge on any atom is -0.373 e. The third kappa shape index (κ3) is 5.46. The molecule has 1 unspecified atom stereocenters. The number of hydrogen-bond donors (Lipinski definition) is 0. The predicted molar refractivity (Wildman–Crippen MR) is 73.0 cm³/mol. The summed E-state index contributed by atoms with van der Waals surface area (Å²) in [6.07, 6.45) is 2.13. The van der Waals surface area contributed by atoms with Gasteiger partial charge in [0.05, 0.1) is 12.7 Å². The molecule has 0 fully saturated rings. The third-order valence-electron chi connectivity index (χ3n) is 2.60. The van der Waals surface area contributed by atoms with Gasteiger partial charge in [0.1, 0.15) is 5.78 Å². The molecule has 0 amide bonds. The summed E-state index contributed by atoms with van der Waals surface area (Å²) in [6, 6.07) is 8.05. The molecule has 0 spiro atoms. The number of carbonyl (C=O) groups excluding carboxylic acids is 1. The SMILES string of the molecule is CCCC(=O)CCOC(C)c1cccc(Br)c1. The van der Waals surface area contributed by atoms with E-state index in [9.17, 15) is 4.79 Å². The van der Waals surface area contributed by atoms with Gasteiger partial charge < -0.3 is 4.74 Å². The molecule has 0 aliphatic carbocycles. The molecule has 0 N–H and O–H groups in total. The maximum Gasteiger partial charge on any atom is 0.135 e. The molecule has 1 rings (SSSR count). The zero-order chi connectivity index (χ0) is 12.7. The largest absolute Gasteiger partial charge is 0.373 e. The van der Waals surface area contributed by atoms with Gasteiger partial charge in [-0.15, -0.1) is 0 Å². The van der Waals surface area contributed by atoms with Gasteiger partial charge >= 0.3 is 0 Å². The van der Waals surface area contributed by atoms with E-state index in [1.54, 1.807) is 0 Å². The van der Waals surface area contributed by atoms with Crippen LogP contribution in [0.1, 0.15) is 44.8 Å². The van der Waals surface area contributed by atoms with Crippen LogP contribution in [0.3, 0.4) is 0 Å². The fourth-order valence-electron chi connectivity index (χ4n) is 1.61. The van der Waals surface area contributed by atoms with Gasteiger partial charge in [-0.3, -0.25) is 4.79 Å². The van der Waals surface area contributed by atoms with Crippen LogP contribution in [-0.2, 0) is 9.53 Å². The highest BCUT2D eigenvalue weighted by Crippen LogP contribution is 2.20. The minimum absolute atomic E-state index is 0.0296. The first-order valence-corrected chi connectivity index (χ1v) is 6.81. The van der Waals surface area contributed by atoms with Gasteiger partial charge in [0.25, 0.3) is 0 Å². The maximum absolute atomic E-state index is 11.3. The normalized spacial score (nSPS) is 12.4. The lowest BCUT2D eigenvalue weighted by molar-refractivity contribution is -0.120. The van der Waals surface area contributed by atoms with Gasteiger partial charge in [-0.1, -0.05) is 35.0 Å². The Balaban J connectivity index is 2.35. The average Bonchev–Trinajstić information content (AvgIpc) is 2.29. The van der Waals surface area contributed by atoms with E-state index in [-0.39, 0.29) is 11.9 Å². The summed E-state index contributed by atoms with van der Waals surface area (Å²) in [4.78, 5) is 11.3. The molecule has 0 aromatic heterocycles. The Labute approximate surface area is 111 Å². The van der Waals surface area contributed by atoms with Crippen molar-refractivity contribution in [3.8, 4) is 0 Å². The third-order valence-corrected chi connectivity index (χ3v) is 3.09. The summed E-state index contributed by atoms with van der Waals surface area (Å²) >= 11 is 3.43. The van der Waals surface area contributed by atoms with Crippen molar-refractivity contribution in [1.82, 2.24) is 0 Å². The van der Waals surface area contributed by atoms with Crippen molar-refractivity contribution in [1.29, 1.82) is 0 Å². The van der Waals surface area contributed by atoms with Crippen molar-refractivity contribution < 1.29 is 9.53 Å². The molecule has 2 nitrogen and oxygen atoms in total. The first-order valence-electron chi connectivity index (χ1n) is 6.02. The highest BCUT2D eigenvalue weighted by molar-refractivity contribution is 9.10. The van der Waals surface area contributed by atoms with E-state index in [0.717, 1.165) is 16.5 Å². The highest BCUT2D eigenvalue weighted by Gasteiger charge is 2.07. The highest BCUT2D eigenvalue weighted by atomic mass is 79.9. The molecule has 1 aromatic rings. The number of ether oxygens (including phenoxy) is 1. The Kier molecular flexibility index (Phi) is 6.45. The molecule has 1 aromatic carbocycles. The zero-order valence-electron chi connectivity index (χ0n) is 10.4. The number of Topliss-reactive ketones (excluding diaryl/α,β-unsaturated/α-hetero) is 1. The average molecular weight is 299 g/mol. The van der Waals surface area contributed by atoms with E-state index >= 15 is 0 Å². The molecule has 1 atom stereocenters. The zero-order valence-corrected chi connectivity index (χ0v) is 12.0. The van der Waals surface area contributed by atoms with E-state index in [1.165, 1.54) is 0 Å². The van der Waals surface area contributed by atoms with Gasteiger partial charge in [-0.25, -0.2) is 0 Å². The number of rotatable bonds is 7. The molecule has 0 saturated heterocycles. The Hall–Kier alpha value is -0.670. The Morgan fingerprint density at radius 3 is 2.82 bits per heavy atom. The molecule has 3 heteroatoms. The summed E-state index contributed by atoms with van der Waals surface area (Å²) < 4.78 is 6.71. The fourth-order valence-corrected chi connectivity index (χ4v) is 2.03. The Morgan fingerprint density at radius 2 is 2.18 bits per heavy atom. The van der Waals surface area contributed by atoms with Crippen LogP contribution in [0.4, 0.5) is 0 Å². The number of hydrogen-bond acceptors (Lipinski definition) is 2. The van der Waals surface area contributed by atoms with E-state index in [2.05, 4.69) is 15.9 Å². The van der Waals surface area contributed by atoms with Crippen molar-refractivity contribution >= 4 is 21.7 Å². The number of carbonyl (C=O) groups is 1. The molecule has 0 bridgehead atoms. The second kappa shape index (κ2) is 7.62. The van der Waals surface area contributed by atoms with Crippen LogP contribution < -0.4 is 0 Å². The molecular weight excluding hydrogens is 280 g/mol. The monoisotopic (exact) mass is 298 g/mol. The van der Waals surface area contributed by atoms with Crippen LogP contribution in [0.15, 0.2) is 28.7 Å². The molecule has 0 saturated carbocycles. The van der Waals surface area contributed by atoms with E-state index in [0.29, 0.717) is 19.4 Å². The summed E-state index contributed by atoms with van der Waals surface area (Å²) in [5.41, 5.74) is 1.13. The first kappa shape index (κ1) is 14.4. The molecule has 0 heterocycles. The fraction of sp³-hybridized carbons (Fsp3) is 0.500. The van der Waals surface area contributed by atoms with Crippen LogP contribution in [0.25, 0.3) is 0 Å². The number of halogens is 1. The topological polar surface area (TPSA) is 26.3 Å². The van der Waals surface area contributed by atoms with E-state index in [4.69, 9.17) is 4.74 Å². The van der Waals surface area contributed by atoms with Crippen molar-refractivity contribution in [2.24, 2.45) is 0 Å². The van der Waals surface area contributed by atoms with Gasteiger partial charge in [-0.2, -0.15) is 0 Å². The summed E-state index contributed by atoms with van der Waals surface area (Å²) in [6.45, 7) is 4.53.